The minimum Gasteiger partial charge on any atom is -0.351 e. The summed E-state index contributed by atoms with van der Waals surface area (Å²) in [6.45, 7) is 0.815. The van der Waals surface area contributed by atoms with Gasteiger partial charge in [0, 0.05) is 38.5 Å². The van der Waals surface area contributed by atoms with Crippen molar-refractivity contribution in [1.29, 1.82) is 0 Å². The third kappa shape index (κ3) is 2.93. The summed E-state index contributed by atoms with van der Waals surface area (Å²) in [5, 5.41) is 3.03. The van der Waals surface area contributed by atoms with Crippen LogP contribution in [0.1, 0.15) is 33.6 Å². The second kappa shape index (κ2) is 6.33. The number of carbonyl (C=O) groups is 2. The summed E-state index contributed by atoms with van der Waals surface area (Å²) in [5.41, 5.74) is 0.613. The molecular formula is C20H19F2N3O2. The lowest BCUT2D eigenvalue weighted by molar-refractivity contribution is 0.0608. The molecule has 5 nitrogen and oxygen atoms in total. The number of rotatable bonds is 1. The van der Waals surface area contributed by atoms with E-state index in [1.165, 1.54) is 36.4 Å². The number of hydrogen-bond donors (Lipinski definition) is 1. The van der Waals surface area contributed by atoms with E-state index in [0.717, 1.165) is 0 Å². The maximum Gasteiger partial charge on any atom is 0.255 e. The van der Waals surface area contributed by atoms with Crippen LogP contribution < -0.4 is 10.2 Å². The Morgan fingerprint density at radius 3 is 2.48 bits per heavy atom. The van der Waals surface area contributed by atoms with Crippen molar-refractivity contribution in [2.24, 2.45) is 0 Å². The van der Waals surface area contributed by atoms with E-state index in [4.69, 9.17) is 0 Å². The molecule has 2 aliphatic rings. The number of nitrogens with zero attached hydrogens (tertiary/aromatic N) is 2. The number of benzene rings is 2. The zero-order valence-electron chi connectivity index (χ0n) is 14.8. The summed E-state index contributed by atoms with van der Waals surface area (Å²) in [5.74, 6) is -1.33. The van der Waals surface area contributed by atoms with Gasteiger partial charge in [-0.05, 0) is 36.4 Å². The Kier molecular flexibility index (Phi) is 4.09. The number of amides is 2. The largest absolute Gasteiger partial charge is 0.351 e. The van der Waals surface area contributed by atoms with Gasteiger partial charge in [0.1, 0.15) is 17.3 Å². The quantitative estimate of drug-likeness (QED) is 0.839. The molecule has 1 saturated heterocycles. The second-order valence-corrected chi connectivity index (χ2v) is 7.01. The third-order valence-corrected chi connectivity index (χ3v) is 5.50. The molecule has 0 aliphatic carbocycles. The summed E-state index contributed by atoms with van der Waals surface area (Å²) in [7, 11) is 1.82. The number of anilines is 1. The number of carbonyl (C=O) groups excluding carboxylic acids is 2. The van der Waals surface area contributed by atoms with E-state index in [1.807, 2.05) is 11.9 Å². The summed E-state index contributed by atoms with van der Waals surface area (Å²) in [4.78, 5) is 28.7. The maximum absolute atomic E-state index is 13.7. The molecule has 0 saturated carbocycles. The van der Waals surface area contributed by atoms with Gasteiger partial charge in [0.15, 0.2) is 0 Å². The fourth-order valence-corrected chi connectivity index (χ4v) is 3.91. The van der Waals surface area contributed by atoms with Gasteiger partial charge in [0.05, 0.1) is 11.3 Å². The van der Waals surface area contributed by atoms with Crippen molar-refractivity contribution in [2.45, 2.75) is 18.5 Å². The highest BCUT2D eigenvalue weighted by Crippen LogP contribution is 2.36. The Morgan fingerprint density at radius 1 is 1.07 bits per heavy atom. The molecule has 0 unspecified atom stereocenters. The number of piperidine rings is 1. The smallest absolute Gasteiger partial charge is 0.255 e. The fraction of sp³-hybridized carbons (Fsp3) is 0.300. The molecule has 140 valence electrons. The third-order valence-electron chi connectivity index (χ3n) is 5.50. The van der Waals surface area contributed by atoms with Gasteiger partial charge < -0.3 is 15.1 Å². The molecule has 0 aromatic heterocycles. The van der Waals surface area contributed by atoms with Crippen LogP contribution in [-0.2, 0) is 0 Å². The summed E-state index contributed by atoms with van der Waals surface area (Å²) in [6, 6.07) is 9.72. The van der Waals surface area contributed by atoms with E-state index in [-0.39, 0.29) is 11.8 Å². The van der Waals surface area contributed by atoms with E-state index in [2.05, 4.69) is 5.32 Å². The van der Waals surface area contributed by atoms with E-state index in [0.29, 0.717) is 42.7 Å². The predicted molar refractivity (Wildman–Crippen MR) is 96.5 cm³/mol. The van der Waals surface area contributed by atoms with Gasteiger partial charge in [0.2, 0.25) is 0 Å². The van der Waals surface area contributed by atoms with Crippen LogP contribution in [-0.4, -0.2) is 42.5 Å². The van der Waals surface area contributed by atoms with Gasteiger partial charge in [-0.3, -0.25) is 9.59 Å². The molecule has 27 heavy (non-hydrogen) atoms. The number of hydrogen-bond acceptors (Lipinski definition) is 3. The lowest BCUT2D eigenvalue weighted by Crippen LogP contribution is -2.67. The van der Waals surface area contributed by atoms with Gasteiger partial charge in [-0.25, -0.2) is 8.78 Å². The number of halogens is 2. The van der Waals surface area contributed by atoms with E-state index in [1.54, 1.807) is 11.0 Å². The van der Waals surface area contributed by atoms with Crippen molar-refractivity contribution in [1.82, 2.24) is 10.2 Å². The zero-order valence-corrected chi connectivity index (χ0v) is 14.8. The molecular weight excluding hydrogens is 352 g/mol. The van der Waals surface area contributed by atoms with Gasteiger partial charge in [-0.15, -0.1) is 0 Å². The first-order chi connectivity index (χ1) is 12.9. The molecule has 0 atom stereocenters. The molecule has 7 heteroatoms. The first kappa shape index (κ1) is 17.5. The maximum atomic E-state index is 13.7. The minimum absolute atomic E-state index is 0.236. The highest BCUT2D eigenvalue weighted by molar-refractivity contribution is 6.02. The van der Waals surface area contributed by atoms with Crippen LogP contribution in [0.15, 0.2) is 42.5 Å². The van der Waals surface area contributed by atoms with Crippen LogP contribution in [0.4, 0.5) is 14.5 Å². The highest BCUT2D eigenvalue weighted by Gasteiger charge is 2.45. The average molecular weight is 371 g/mol. The predicted octanol–water partition coefficient (Wildman–Crippen LogP) is 2.78. The van der Waals surface area contributed by atoms with Crippen molar-refractivity contribution < 1.29 is 18.4 Å². The summed E-state index contributed by atoms with van der Waals surface area (Å²) < 4.78 is 27.1. The minimum atomic E-state index is -0.670. The van der Waals surface area contributed by atoms with Crippen molar-refractivity contribution >= 4 is 17.5 Å². The summed E-state index contributed by atoms with van der Waals surface area (Å²) in [6.07, 6.45) is 0.985. The second-order valence-electron chi connectivity index (χ2n) is 7.01. The number of nitrogens with one attached hydrogen (secondary N) is 1. The molecule has 1 spiro atoms. The standard InChI is InChI=1S/C20H19F2N3O2/c1-24-17-12-15(22)5-6-16(17)18(26)23-20(24)7-9-25(10-8-20)19(27)13-3-2-4-14(21)11-13/h2-6,11-12H,7-10H2,1H3,(H,23,26). The van der Waals surface area contributed by atoms with Crippen LogP contribution in [0.25, 0.3) is 0 Å². The zero-order chi connectivity index (χ0) is 19.2. The lowest BCUT2D eigenvalue weighted by atomic mass is 9.90. The van der Waals surface area contributed by atoms with Crippen LogP contribution >= 0.6 is 0 Å². The normalized spacial score (nSPS) is 18.3. The Bertz CT molecular complexity index is 923. The fourth-order valence-electron chi connectivity index (χ4n) is 3.91. The first-order valence-electron chi connectivity index (χ1n) is 8.80. The first-order valence-corrected chi connectivity index (χ1v) is 8.80. The van der Waals surface area contributed by atoms with Crippen LogP contribution in [0.3, 0.4) is 0 Å². The molecule has 2 heterocycles. The van der Waals surface area contributed by atoms with E-state index in [9.17, 15) is 18.4 Å². The molecule has 4 rings (SSSR count). The van der Waals surface area contributed by atoms with Gasteiger partial charge in [-0.1, -0.05) is 6.07 Å². The van der Waals surface area contributed by atoms with Crippen molar-refractivity contribution in [3.8, 4) is 0 Å². The molecule has 1 N–H and O–H groups in total. The Morgan fingerprint density at radius 2 is 1.78 bits per heavy atom. The van der Waals surface area contributed by atoms with Crippen LogP contribution in [0, 0.1) is 11.6 Å². The SMILES string of the molecule is CN1c2cc(F)ccc2C(=O)NC12CCN(C(=O)c1cccc(F)c1)CC2. The Hall–Kier alpha value is -2.96. The highest BCUT2D eigenvalue weighted by atomic mass is 19.1. The molecule has 2 aliphatic heterocycles. The number of fused-ring (bicyclic) bond motifs is 1. The van der Waals surface area contributed by atoms with Crippen LogP contribution in [0.2, 0.25) is 0 Å². The molecule has 2 aromatic carbocycles. The molecule has 0 bridgehead atoms. The van der Waals surface area contributed by atoms with E-state index < -0.39 is 17.3 Å². The molecule has 2 amide bonds. The molecule has 1 fully saturated rings. The molecule has 2 aromatic rings. The molecule has 0 radical (unpaired) electrons. The van der Waals surface area contributed by atoms with Gasteiger partial charge in [-0.2, -0.15) is 0 Å². The topological polar surface area (TPSA) is 52.7 Å². The van der Waals surface area contributed by atoms with E-state index >= 15 is 0 Å². The van der Waals surface area contributed by atoms with Crippen molar-refractivity contribution in [2.75, 3.05) is 25.0 Å². The van der Waals surface area contributed by atoms with Crippen molar-refractivity contribution in [3.05, 3.63) is 65.2 Å². The monoisotopic (exact) mass is 371 g/mol. The van der Waals surface area contributed by atoms with Crippen LogP contribution in [0.5, 0.6) is 0 Å². The Labute approximate surface area is 155 Å². The summed E-state index contributed by atoms with van der Waals surface area (Å²) >= 11 is 0. The van der Waals surface area contributed by atoms with Gasteiger partial charge >= 0.3 is 0 Å². The lowest BCUT2D eigenvalue weighted by Gasteiger charge is -2.51. The Balaban J connectivity index is 1.55. The van der Waals surface area contributed by atoms with Gasteiger partial charge in [0.25, 0.3) is 11.8 Å². The van der Waals surface area contributed by atoms with Crippen molar-refractivity contribution in [3.63, 3.8) is 0 Å². The number of likely N-dealkylation sites (tertiary alicyclic amines) is 1. The average Bonchev–Trinajstić information content (AvgIpc) is 2.66.